The molecule has 4 aromatic rings. The summed E-state index contributed by atoms with van der Waals surface area (Å²) >= 11 is 0. The van der Waals surface area contributed by atoms with Crippen molar-refractivity contribution >= 4 is 33.3 Å². The molecule has 0 radical (unpaired) electrons. The molecule has 0 bridgehead atoms. The minimum absolute atomic E-state index is 0.0558. The zero-order valence-electron chi connectivity index (χ0n) is 14.0. The van der Waals surface area contributed by atoms with Gasteiger partial charge in [-0.15, -0.1) is 0 Å². The number of hydrogen-bond acceptors (Lipinski definition) is 4. The summed E-state index contributed by atoms with van der Waals surface area (Å²) in [5.41, 5.74) is 0.194. The van der Waals surface area contributed by atoms with Crippen LogP contribution in [0.2, 0.25) is 0 Å². The second kappa shape index (κ2) is 6.37. The third-order valence-electron chi connectivity index (χ3n) is 4.24. The quantitative estimate of drug-likeness (QED) is 0.446. The van der Waals surface area contributed by atoms with Gasteiger partial charge in [0.05, 0.1) is 12.8 Å². The number of amides is 1. The molecule has 4 rings (SSSR count). The average molecular weight is 345 g/mol. The second-order valence-corrected chi connectivity index (χ2v) is 5.80. The lowest BCUT2D eigenvalue weighted by molar-refractivity contribution is 0.102. The Morgan fingerprint density at radius 3 is 2.58 bits per heavy atom. The van der Waals surface area contributed by atoms with Crippen molar-refractivity contribution in [3.8, 4) is 5.75 Å². The van der Waals surface area contributed by atoms with Gasteiger partial charge in [-0.25, -0.2) is 4.79 Å². The van der Waals surface area contributed by atoms with Gasteiger partial charge in [-0.2, -0.15) is 0 Å². The fourth-order valence-corrected chi connectivity index (χ4v) is 2.97. The normalized spacial score (nSPS) is 10.8. The SMILES string of the molecule is COc1ccccc1NC(=O)c1cc2c(ccc3ccccc32)oc1=O. The molecule has 0 aliphatic carbocycles. The first-order valence-corrected chi connectivity index (χ1v) is 8.07. The molecular formula is C21H15NO4. The molecule has 0 atom stereocenters. The van der Waals surface area contributed by atoms with Crippen LogP contribution in [0.3, 0.4) is 0 Å². The third kappa shape index (κ3) is 2.69. The van der Waals surface area contributed by atoms with Gasteiger partial charge in [0, 0.05) is 5.39 Å². The highest BCUT2D eigenvalue weighted by atomic mass is 16.5. The number of nitrogens with one attached hydrogen (secondary N) is 1. The number of carbonyl (C=O) groups is 1. The van der Waals surface area contributed by atoms with E-state index in [2.05, 4.69) is 5.32 Å². The highest BCUT2D eigenvalue weighted by Crippen LogP contribution is 2.26. The molecular weight excluding hydrogens is 330 g/mol. The fraction of sp³-hybridized carbons (Fsp3) is 0.0476. The molecule has 3 aromatic carbocycles. The number of rotatable bonds is 3. The number of benzene rings is 3. The van der Waals surface area contributed by atoms with E-state index in [1.54, 1.807) is 36.4 Å². The van der Waals surface area contributed by atoms with Crippen LogP contribution in [0.1, 0.15) is 10.4 Å². The first kappa shape index (κ1) is 15.9. The Balaban J connectivity index is 1.83. The van der Waals surface area contributed by atoms with Crippen LogP contribution in [0, 0.1) is 0 Å². The third-order valence-corrected chi connectivity index (χ3v) is 4.24. The lowest BCUT2D eigenvalue weighted by Crippen LogP contribution is -2.21. The summed E-state index contributed by atoms with van der Waals surface area (Å²) in [6, 6.07) is 19.9. The van der Waals surface area contributed by atoms with Crippen molar-refractivity contribution in [3.63, 3.8) is 0 Å². The van der Waals surface area contributed by atoms with Crippen molar-refractivity contribution in [2.45, 2.75) is 0 Å². The number of hydrogen-bond donors (Lipinski definition) is 1. The highest BCUT2D eigenvalue weighted by Gasteiger charge is 2.16. The summed E-state index contributed by atoms with van der Waals surface area (Å²) in [6.45, 7) is 0. The number of carbonyl (C=O) groups excluding carboxylic acids is 1. The van der Waals surface area contributed by atoms with Crippen molar-refractivity contribution in [2.75, 3.05) is 12.4 Å². The van der Waals surface area contributed by atoms with Crippen LogP contribution in [-0.4, -0.2) is 13.0 Å². The van der Waals surface area contributed by atoms with Crippen molar-refractivity contribution in [2.24, 2.45) is 0 Å². The standard InChI is InChI=1S/C21H15NO4/c1-25-19-9-5-4-8-17(19)22-20(23)16-12-15-14-7-3-2-6-13(14)10-11-18(15)26-21(16)24/h2-12H,1H3,(H,22,23). The Labute approximate surface area is 148 Å². The van der Waals surface area contributed by atoms with E-state index in [9.17, 15) is 9.59 Å². The Hall–Kier alpha value is -3.60. The number of para-hydroxylation sites is 2. The van der Waals surface area contributed by atoms with Gasteiger partial charge in [-0.3, -0.25) is 4.79 Å². The first-order valence-electron chi connectivity index (χ1n) is 8.07. The molecule has 1 aromatic heterocycles. The maximum absolute atomic E-state index is 12.7. The number of ether oxygens (including phenoxy) is 1. The van der Waals surface area contributed by atoms with E-state index < -0.39 is 11.5 Å². The van der Waals surface area contributed by atoms with Gasteiger partial charge < -0.3 is 14.5 Å². The second-order valence-electron chi connectivity index (χ2n) is 5.80. The Morgan fingerprint density at radius 1 is 0.962 bits per heavy atom. The van der Waals surface area contributed by atoms with Crippen molar-refractivity contribution < 1.29 is 13.9 Å². The van der Waals surface area contributed by atoms with E-state index in [4.69, 9.17) is 9.15 Å². The van der Waals surface area contributed by atoms with Gasteiger partial charge in [-0.05, 0) is 35.0 Å². The number of fused-ring (bicyclic) bond motifs is 3. The zero-order chi connectivity index (χ0) is 18.1. The molecule has 0 aliphatic heterocycles. The Bertz CT molecular complexity index is 1190. The summed E-state index contributed by atoms with van der Waals surface area (Å²) in [7, 11) is 1.52. The van der Waals surface area contributed by atoms with Crippen LogP contribution in [0.15, 0.2) is 75.9 Å². The van der Waals surface area contributed by atoms with E-state index in [0.29, 0.717) is 22.4 Å². The van der Waals surface area contributed by atoms with Gasteiger partial charge in [0.25, 0.3) is 5.91 Å². The Kier molecular flexibility index (Phi) is 3.89. The van der Waals surface area contributed by atoms with Crippen molar-refractivity contribution in [3.05, 3.63) is 82.7 Å². The number of anilines is 1. The van der Waals surface area contributed by atoms with E-state index in [-0.39, 0.29) is 5.56 Å². The van der Waals surface area contributed by atoms with Crippen LogP contribution in [0.25, 0.3) is 21.7 Å². The molecule has 26 heavy (non-hydrogen) atoms. The molecule has 0 aliphatic rings. The molecule has 128 valence electrons. The molecule has 0 unspecified atom stereocenters. The average Bonchev–Trinajstić information content (AvgIpc) is 2.67. The lowest BCUT2D eigenvalue weighted by Gasteiger charge is -2.10. The maximum Gasteiger partial charge on any atom is 0.349 e. The monoisotopic (exact) mass is 345 g/mol. The summed E-state index contributed by atoms with van der Waals surface area (Å²) in [5.74, 6) is -0.0328. The molecule has 1 heterocycles. The minimum atomic E-state index is -0.680. The first-order chi connectivity index (χ1) is 12.7. The molecule has 5 nitrogen and oxygen atoms in total. The van der Waals surface area contributed by atoms with Gasteiger partial charge >= 0.3 is 5.63 Å². The molecule has 5 heteroatoms. The topological polar surface area (TPSA) is 68.5 Å². The van der Waals surface area contributed by atoms with Crippen molar-refractivity contribution in [1.82, 2.24) is 0 Å². The molecule has 0 saturated carbocycles. The lowest BCUT2D eigenvalue weighted by atomic mass is 10.0. The van der Waals surface area contributed by atoms with Gasteiger partial charge in [0.2, 0.25) is 0 Å². The van der Waals surface area contributed by atoms with E-state index in [0.717, 1.165) is 10.8 Å². The summed E-state index contributed by atoms with van der Waals surface area (Å²) in [4.78, 5) is 25.0. The minimum Gasteiger partial charge on any atom is -0.495 e. The Morgan fingerprint density at radius 2 is 1.73 bits per heavy atom. The molecule has 1 amide bonds. The van der Waals surface area contributed by atoms with E-state index in [1.807, 2.05) is 30.3 Å². The maximum atomic E-state index is 12.7. The van der Waals surface area contributed by atoms with E-state index in [1.165, 1.54) is 7.11 Å². The van der Waals surface area contributed by atoms with Gasteiger partial charge in [0.15, 0.2) is 0 Å². The summed E-state index contributed by atoms with van der Waals surface area (Å²) in [6.07, 6.45) is 0. The van der Waals surface area contributed by atoms with Crippen LogP contribution in [0.4, 0.5) is 5.69 Å². The fourth-order valence-electron chi connectivity index (χ4n) is 2.97. The summed E-state index contributed by atoms with van der Waals surface area (Å²) in [5, 5.41) is 5.34. The van der Waals surface area contributed by atoms with Gasteiger partial charge in [0.1, 0.15) is 16.9 Å². The predicted octanol–water partition coefficient (Wildman–Crippen LogP) is 4.21. The van der Waals surface area contributed by atoms with Gasteiger partial charge in [-0.1, -0.05) is 42.5 Å². The molecule has 0 spiro atoms. The van der Waals surface area contributed by atoms with Crippen LogP contribution >= 0.6 is 0 Å². The smallest absolute Gasteiger partial charge is 0.349 e. The number of methoxy groups -OCH3 is 1. The van der Waals surface area contributed by atoms with E-state index >= 15 is 0 Å². The molecule has 0 fully saturated rings. The van der Waals surface area contributed by atoms with Crippen molar-refractivity contribution in [1.29, 1.82) is 0 Å². The van der Waals surface area contributed by atoms with Crippen LogP contribution < -0.4 is 15.7 Å². The zero-order valence-corrected chi connectivity index (χ0v) is 14.0. The molecule has 1 N–H and O–H groups in total. The molecule has 0 saturated heterocycles. The summed E-state index contributed by atoms with van der Waals surface area (Å²) < 4.78 is 10.6. The van der Waals surface area contributed by atoms with Crippen LogP contribution in [0.5, 0.6) is 5.75 Å². The predicted molar refractivity (Wildman–Crippen MR) is 101 cm³/mol. The largest absolute Gasteiger partial charge is 0.495 e. The van der Waals surface area contributed by atoms with Crippen LogP contribution in [-0.2, 0) is 0 Å². The highest BCUT2D eigenvalue weighted by molar-refractivity contribution is 6.10.